The van der Waals surface area contributed by atoms with Crippen LogP contribution in [0.15, 0.2) is 0 Å². The SMILES string of the molecule is CCC(F)SC(F)CC. The van der Waals surface area contributed by atoms with E-state index in [1.165, 1.54) is 0 Å². The van der Waals surface area contributed by atoms with Gasteiger partial charge in [0.15, 0.2) is 0 Å². The Morgan fingerprint density at radius 3 is 1.67 bits per heavy atom. The average Bonchev–Trinajstić information content (AvgIpc) is 1.87. The lowest BCUT2D eigenvalue weighted by atomic mass is 10.5. The van der Waals surface area contributed by atoms with Crippen molar-refractivity contribution in [1.29, 1.82) is 0 Å². The molecule has 0 amide bonds. The molecule has 2 atom stereocenters. The first-order valence-electron chi connectivity index (χ1n) is 3.14. The van der Waals surface area contributed by atoms with Crippen molar-refractivity contribution in [3.8, 4) is 0 Å². The topological polar surface area (TPSA) is 0 Å². The first-order valence-corrected chi connectivity index (χ1v) is 4.08. The minimum absolute atomic E-state index is 0.394. The second kappa shape index (κ2) is 5.03. The van der Waals surface area contributed by atoms with Gasteiger partial charge in [-0.2, -0.15) is 0 Å². The molecule has 0 spiro atoms. The smallest absolute Gasteiger partial charge is 0.148 e. The van der Waals surface area contributed by atoms with E-state index in [1.807, 2.05) is 0 Å². The van der Waals surface area contributed by atoms with E-state index in [1.54, 1.807) is 13.8 Å². The Kier molecular flexibility index (Phi) is 5.15. The van der Waals surface area contributed by atoms with Gasteiger partial charge in [-0.05, 0) is 12.8 Å². The van der Waals surface area contributed by atoms with Crippen molar-refractivity contribution in [3.05, 3.63) is 0 Å². The lowest BCUT2D eigenvalue weighted by Gasteiger charge is -2.06. The highest BCUT2D eigenvalue weighted by atomic mass is 32.2. The zero-order valence-corrected chi connectivity index (χ0v) is 6.55. The highest BCUT2D eigenvalue weighted by molar-refractivity contribution is 8.00. The maximum atomic E-state index is 12.3. The van der Waals surface area contributed by atoms with Gasteiger partial charge in [-0.3, -0.25) is 0 Å². The molecule has 56 valence electrons. The van der Waals surface area contributed by atoms with Gasteiger partial charge in [-0.15, -0.1) is 0 Å². The Labute approximate surface area is 59.0 Å². The normalized spacial score (nSPS) is 17.3. The Morgan fingerprint density at radius 2 is 1.44 bits per heavy atom. The van der Waals surface area contributed by atoms with Crippen molar-refractivity contribution < 1.29 is 8.78 Å². The molecular weight excluding hydrogens is 142 g/mol. The van der Waals surface area contributed by atoms with Gasteiger partial charge in [0.05, 0.1) is 0 Å². The van der Waals surface area contributed by atoms with Gasteiger partial charge < -0.3 is 0 Å². The molecule has 0 bridgehead atoms. The molecule has 2 unspecified atom stereocenters. The maximum Gasteiger partial charge on any atom is 0.148 e. The summed E-state index contributed by atoms with van der Waals surface area (Å²) in [7, 11) is 0. The summed E-state index contributed by atoms with van der Waals surface area (Å²) in [4.78, 5) is 0. The summed E-state index contributed by atoms with van der Waals surface area (Å²) in [6.45, 7) is 3.42. The molecule has 0 saturated heterocycles. The standard InChI is InChI=1S/C6H12F2S/c1-3-5(7)9-6(8)4-2/h5-6H,3-4H2,1-2H3. The predicted molar refractivity (Wildman–Crippen MR) is 38.0 cm³/mol. The second-order valence-corrected chi connectivity index (χ2v) is 3.07. The van der Waals surface area contributed by atoms with Gasteiger partial charge in [0.25, 0.3) is 0 Å². The summed E-state index contributed by atoms with van der Waals surface area (Å²) in [5.74, 6) is 0. The molecule has 0 aliphatic rings. The molecule has 0 radical (unpaired) electrons. The molecule has 0 N–H and O–H groups in total. The third-order valence-corrected chi connectivity index (χ3v) is 2.19. The van der Waals surface area contributed by atoms with Crippen LogP contribution in [-0.2, 0) is 0 Å². The van der Waals surface area contributed by atoms with Crippen molar-refractivity contribution in [2.45, 2.75) is 37.7 Å². The fraction of sp³-hybridized carbons (Fsp3) is 1.00. The van der Waals surface area contributed by atoms with Gasteiger partial charge in [0, 0.05) is 0 Å². The first kappa shape index (κ1) is 9.21. The molecular formula is C6H12F2S. The molecule has 0 aromatic carbocycles. The molecule has 0 aromatic rings. The molecule has 0 fully saturated rings. The number of hydrogen-bond acceptors (Lipinski definition) is 1. The summed E-state index contributed by atoms with van der Waals surface area (Å²) >= 11 is 0.766. The zero-order valence-electron chi connectivity index (χ0n) is 5.73. The van der Waals surface area contributed by atoms with Crippen LogP contribution in [0.25, 0.3) is 0 Å². The Hall–Kier alpha value is 0.210. The molecule has 0 aliphatic carbocycles. The van der Waals surface area contributed by atoms with Crippen LogP contribution in [0.5, 0.6) is 0 Å². The molecule has 0 saturated carbocycles. The quantitative estimate of drug-likeness (QED) is 0.599. The van der Waals surface area contributed by atoms with Crippen LogP contribution in [0.3, 0.4) is 0 Å². The molecule has 0 aliphatic heterocycles. The number of alkyl halides is 2. The Morgan fingerprint density at radius 1 is 1.11 bits per heavy atom. The molecule has 3 heteroatoms. The van der Waals surface area contributed by atoms with Gasteiger partial charge in [-0.1, -0.05) is 25.6 Å². The largest absolute Gasteiger partial charge is 0.236 e. The second-order valence-electron chi connectivity index (χ2n) is 1.77. The highest BCUT2D eigenvalue weighted by Gasteiger charge is 2.10. The van der Waals surface area contributed by atoms with Crippen LogP contribution in [0.1, 0.15) is 26.7 Å². The van der Waals surface area contributed by atoms with Crippen molar-refractivity contribution in [2.75, 3.05) is 0 Å². The van der Waals surface area contributed by atoms with E-state index in [2.05, 4.69) is 0 Å². The molecule has 0 heterocycles. The summed E-state index contributed by atoms with van der Waals surface area (Å²) in [5, 5.41) is 0. The highest BCUT2D eigenvalue weighted by Crippen LogP contribution is 2.24. The average molecular weight is 154 g/mol. The van der Waals surface area contributed by atoms with E-state index in [4.69, 9.17) is 0 Å². The van der Waals surface area contributed by atoms with Gasteiger partial charge in [0.1, 0.15) is 11.0 Å². The number of halogens is 2. The molecule has 9 heavy (non-hydrogen) atoms. The minimum Gasteiger partial charge on any atom is -0.236 e. The zero-order chi connectivity index (χ0) is 7.28. The lowest BCUT2D eigenvalue weighted by Crippen LogP contribution is -1.98. The minimum atomic E-state index is -1.03. The van der Waals surface area contributed by atoms with Gasteiger partial charge in [0.2, 0.25) is 0 Å². The van der Waals surface area contributed by atoms with E-state index >= 15 is 0 Å². The van der Waals surface area contributed by atoms with E-state index in [9.17, 15) is 8.78 Å². The Balaban J connectivity index is 3.22. The number of thioether (sulfide) groups is 1. The van der Waals surface area contributed by atoms with Crippen LogP contribution in [0, 0.1) is 0 Å². The van der Waals surface area contributed by atoms with Crippen molar-refractivity contribution in [3.63, 3.8) is 0 Å². The van der Waals surface area contributed by atoms with Crippen molar-refractivity contribution in [2.24, 2.45) is 0 Å². The van der Waals surface area contributed by atoms with Crippen molar-refractivity contribution >= 4 is 11.8 Å². The number of rotatable bonds is 4. The van der Waals surface area contributed by atoms with Gasteiger partial charge >= 0.3 is 0 Å². The number of hydrogen-bond donors (Lipinski definition) is 0. The molecule has 0 nitrogen and oxygen atoms in total. The lowest BCUT2D eigenvalue weighted by molar-refractivity contribution is 0.408. The summed E-state index contributed by atoms with van der Waals surface area (Å²) in [6.07, 6.45) is 0.788. The third kappa shape index (κ3) is 4.70. The molecule has 0 aromatic heterocycles. The predicted octanol–water partition coefficient (Wildman–Crippen LogP) is 3.13. The molecule has 0 rings (SSSR count). The van der Waals surface area contributed by atoms with Crippen LogP contribution in [0.2, 0.25) is 0 Å². The van der Waals surface area contributed by atoms with E-state index < -0.39 is 11.0 Å². The fourth-order valence-electron chi connectivity index (χ4n) is 0.353. The van der Waals surface area contributed by atoms with E-state index in [-0.39, 0.29) is 0 Å². The fourth-order valence-corrected chi connectivity index (χ4v) is 1.06. The van der Waals surface area contributed by atoms with E-state index in [0.29, 0.717) is 12.8 Å². The third-order valence-electron chi connectivity index (χ3n) is 0.937. The summed E-state index contributed by atoms with van der Waals surface area (Å²) < 4.78 is 24.6. The van der Waals surface area contributed by atoms with E-state index in [0.717, 1.165) is 11.8 Å². The summed E-state index contributed by atoms with van der Waals surface area (Å²) in [5.41, 5.74) is -2.06. The van der Waals surface area contributed by atoms with Crippen LogP contribution in [-0.4, -0.2) is 11.0 Å². The monoisotopic (exact) mass is 154 g/mol. The van der Waals surface area contributed by atoms with Gasteiger partial charge in [-0.25, -0.2) is 8.78 Å². The van der Waals surface area contributed by atoms with Crippen LogP contribution in [0.4, 0.5) is 8.78 Å². The Bertz CT molecular complexity index is 60.1. The first-order chi connectivity index (χ1) is 4.20. The maximum absolute atomic E-state index is 12.3. The van der Waals surface area contributed by atoms with Crippen LogP contribution < -0.4 is 0 Å². The summed E-state index contributed by atoms with van der Waals surface area (Å²) in [6, 6.07) is 0. The van der Waals surface area contributed by atoms with Crippen LogP contribution >= 0.6 is 11.8 Å². The van der Waals surface area contributed by atoms with Crippen molar-refractivity contribution in [1.82, 2.24) is 0 Å².